The highest BCUT2D eigenvalue weighted by molar-refractivity contribution is 5.70. The summed E-state index contributed by atoms with van der Waals surface area (Å²) in [5, 5.41) is 11.8. The maximum absolute atomic E-state index is 12.9. The topological polar surface area (TPSA) is 111 Å². The molecule has 2 unspecified atom stereocenters. The number of nitrogens with zero attached hydrogens (tertiary/aromatic N) is 1. The smallest absolute Gasteiger partial charge is 0.306 e. The van der Waals surface area contributed by atoms with Gasteiger partial charge in [-0.1, -0.05) is 215 Å². The Balaban J connectivity index is 4.30. The van der Waals surface area contributed by atoms with Crippen molar-refractivity contribution in [3.63, 3.8) is 0 Å². The molecular weight excluding hydrogens is 983 g/mol. The number of rotatable bonds is 52. The van der Waals surface area contributed by atoms with Crippen molar-refractivity contribution in [1.29, 1.82) is 0 Å². The lowest BCUT2D eigenvalue weighted by molar-refractivity contribution is -0.870. The zero-order chi connectivity index (χ0) is 57.6. The van der Waals surface area contributed by atoms with Gasteiger partial charge in [0.05, 0.1) is 40.3 Å². The minimum Gasteiger partial charge on any atom is -0.545 e. The first-order chi connectivity index (χ1) is 38.6. The average molecular weight is 1090 g/mol. The Bertz CT molecular complexity index is 1940. The molecule has 79 heavy (non-hydrogen) atoms. The van der Waals surface area contributed by atoms with E-state index in [-0.39, 0.29) is 32.7 Å². The molecule has 0 saturated carbocycles. The highest BCUT2D eigenvalue weighted by Gasteiger charge is 2.22. The van der Waals surface area contributed by atoms with Crippen LogP contribution < -0.4 is 5.11 Å². The second kappa shape index (κ2) is 58.5. The van der Waals surface area contributed by atoms with Crippen LogP contribution in [0.2, 0.25) is 0 Å². The van der Waals surface area contributed by atoms with E-state index in [0.717, 1.165) is 141 Å². The molecule has 0 N–H and O–H groups in total. The summed E-state index contributed by atoms with van der Waals surface area (Å²) in [6.45, 7) is 4.40. The Morgan fingerprint density at radius 2 is 0.684 bits per heavy atom. The number of ether oxygens (including phenoxy) is 4. The molecule has 0 aromatic heterocycles. The second-order valence-electron chi connectivity index (χ2n) is 20.2. The molecule has 0 aliphatic heterocycles. The lowest BCUT2D eigenvalue weighted by Gasteiger charge is -2.26. The molecule has 9 nitrogen and oxygen atoms in total. The van der Waals surface area contributed by atoms with Crippen molar-refractivity contribution in [1.82, 2.24) is 0 Å². The Morgan fingerprint density at radius 3 is 1.04 bits per heavy atom. The zero-order valence-corrected chi connectivity index (χ0v) is 49.9. The number of esters is 2. The molecule has 9 heteroatoms. The van der Waals surface area contributed by atoms with Gasteiger partial charge in [0.2, 0.25) is 0 Å². The van der Waals surface area contributed by atoms with Crippen molar-refractivity contribution in [3.8, 4) is 0 Å². The summed E-state index contributed by atoms with van der Waals surface area (Å²) in [5.74, 6) is -2.39. The van der Waals surface area contributed by atoms with Crippen LogP contribution >= 0.6 is 0 Å². The van der Waals surface area contributed by atoms with E-state index in [2.05, 4.69) is 196 Å². The predicted molar refractivity (Wildman–Crippen MR) is 333 cm³/mol. The lowest BCUT2D eigenvalue weighted by atomic mass is 10.1. The number of carboxylic acids is 1. The number of aliphatic carboxylic acids is 1. The third kappa shape index (κ3) is 59.9. The van der Waals surface area contributed by atoms with E-state index in [1.807, 2.05) is 21.1 Å². The lowest BCUT2D eigenvalue weighted by Crippen LogP contribution is -2.44. The fraction of sp³-hybridized carbons (Fsp3) is 0.529. The van der Waals surface area contributed by atoms with Crippen molar-refractivity contribution in [2.24, 2.45) is 0 Å². The summed E-state index contributed by atoms with van der Waals surface area (Å²) in [4.78, 5) is 37.2. The molecule has 0 aromatic carbocycles. The van der Waals surface area contributed by atoms with Crippen LogP contribution in [0.25, 0.3) is 0 Å². The van der Waals surface area contributed by atoms with Gasteiger partial charge in [-0.3, -0.25) is 9.59 Å². The number of hydrogen-bond acceptors (Lipinski definition) is 8. The van der Waals surface area contributed by atoms with Gasteiger partial charge in [-0.15, -0.1) is 0 Å². The van der Waals surface area contributed by atoms with Gasteiger partial charge in [-0.2, -0.15) is 0 Å². The van der Waals surface area contributed by atoms with Crippen molar-refractivity contribution in [2.45, 2.75) is 193 Å². The molecule has 0 amide bonds. The molecule has 0 radical (unpaired) electrons. The fourth-order valence-corrected chi connectivity index (χ4v) is 7.12. The fourth-order valence-electron chi connectivity index (χ4n) is 7.12. The minimum atomic E-state index is -1.65. The highest BCUT2D eigenvalue weighted by Crippen LogP contribution is 2.12. The van der Waals surface area contributed by atoms with Crippen molar-refractivity contribution < 1.29 is 42.9 Å². The van der Waals surface area contributed by atoms with Gasteiger partial charge in [0.25, 0.3) is 0 Å². The first kappa shape index (κ1) is 73.4. The van der Waals surface area contributed by atoms with Crippen LogP contribution in [-0.4, -0.2) is 82.3 Å². The van der Waals surface area contributed by atoms with Crippen LogP contribution in [0.3, 0.4) is 0 Å². The summed E-state index contributed by atoms with van der Waals surface area (Å²) in [7, 11) is 5.88. The number of carbonyl (C=O) groups excluding carboxylic acids is 3. The maximum atomic E-state index is 12.9. The van der Waals surface area contributed by atoms with Crippen LogP contribution in [-0.2, 0) is 33.3 Å². The van der Waals surface area contributed by atoms with Crippen molar-refractivity contribution in [2.75, 3.05) is 47.5 Å². The number of likely N-dealkylation sites (N-methyl/N-ethyl adjacent to an activating group) is 1. The number of allylic oxidation sites excluding steroid dienone is 30. The van der Waals surface area contributed by atoms with Crippen molar-refractivity contribution >= 4 is 17.9 Å². The van der Waals surface area contributed by atoms with Gasteiger partial charge in [0.15, 0.2) is 12.4 Å². The quantitative estimate of drug-likeness (QED) is 0.0195. The van der Waals surface area contributed by atoms with E-state index < -0.39 is 30.3 Å². The van der Waals surface area contributed by atoms with Crippen LogP contribution in [0.1, 0.15) is 181 Å². The van der Waals surface area contributed by atoms with Gasteiger partial charge in [0.1, 0.15) is 13.2 Å². The summed E-state index contributed by atoms with van der Waals surface area (Å²) in [5.41, 5.74) is 0. The summed E-state index contributed by atoms with van der Waals surface area (Å²) in [6.07, 6.45) is 86.7. The van der Waals surface area contributed by atoms with E-state index in [0.29, 0.717) is 23.9 Å². The summed E-state index contributed by atoms with van der Waals surface area (Å²) < 4.78 is 22.6. The number of carbonyl (C=O) groups is 3. The van der Waals surface area contributed by atoms with E-state index in [4.69, 9.17) is 18.9 Å². The van der Waals surface area contributed by atoms with E-state index in [1.165, 1.54) is 0 Å². The molecule has 0 bridgehead atoms. The minimum absolute atomic E-state index is 0.126. The largest absolute Gasteiger partial charge is 0.545 e. The third-order valence-corrected chi connectivity index (χ3v) is 11.6. The van der Waals surface area contributed by atoms with Crippen molar-refractivity contribution in [3.05, 3.63) is 182 Å². The first-order valence-corrected chi connectivity index (χ1v) is 29.9. The number of carboxylic acid groups (broad SMARTS) is 1. The Kier molecular flexibility index (Phi) is 54.4. The van der Waals surface area contributed by atoms with Gasteiger partial charge < -0.3 is 33.3 Å². The van der Waals surface area contributed by atoms with E-state index in [1.54, 1.807) is 0 Å². The normalized spacial score (nSPS) is 14.1. The SMILES string of the molecule is CC/C=C\C/C=C\C/C=C\C/C=C\C/C=C\C/C=C\C/C=C\C/C=C\C/C=C\C/C=C\C/C=C\CCCCCCCC(=O)OC(COC(=O)CCCC/C=C\C/C=C\C/C=C\C/C=C\CC)COC(OCC[N+](C)(C)C)C(=O)[O-]. The average Bonchev–Trinajstić information content (AvgIpc) is 3.42. The standard InChI is InChI=1S/C70H107NO8/c1-6-8-10-12-14-16-18-20-22-23-24-25-26-27-28-29-30-31-32-33-34-35-36-37-38-39-40-41-42-43-44-45-47-49-51-53-55-57-59-61-68(73)79-66(65-78-70(69(74)75)76-63-62-71(3,4)5)64-77-67(72)60-58-56-54-52-50-48-46-21-19-17-15-13-11-9-7-2/h8-11,14-17,20-22,24-25,27-28,30-31,33-34,36-37,39-40,42-43,45-47,50,52,66,70H,6-7,12-13,18-19,23,26,29,32,35,38,41,44,48-49,51,53-65H2,1-5H3/b10-8-,11-9-,16-14-,17-15-,22-20-,25-24-,28-27-,31-30-,34-33-,37-36-,40-39-,43-42-,46-21-,47-45-,52-50-. The first-order valence-electron chi connectivity index (χ1n) is 29.9. The molecular formula is C70H107NO8. The van der Waals surface area contributed by atoms with Gasteiger partial charge in [-0.25, -0.2) is 0 Å². The Morgan fingerprint density at radius 1 is 0.380 bits per heavy atom. The summed E-state index contributed by atoms with van der Waals surface area (Å²) in [6, 6.07) is 0. The number of unbranched alkanes of at least 4 members (excludes halogenated alkanes) is 7. The molecule has 0 fully saturated rings. The molecule has 0 heterocycles. The second-order valence-corrected chi connectivity index (χ2v) is 20.2. The molecule has 0 rings (SSSR count). The van der Waals surface area contributed by atoms with Crippen LogP contribution in [0.5, 0.6) is 0 Å². The van der Waals surface area contributed by atoms with Crippen LogP contribution in [0.15, 0.2) is 182 Å². The molecule has 0 aliphatic carbocycles. The monoisotopic (exact) mass is 1090 g/mol. The molecule has 440 valence electrons. The van der Waals surface area contributed by atoms with Gasteiger partial charge >= 0.3 is 11.9 Å². The molecule has 0 aliphatic rings. The van der Waals surface area contributed by atoms with E-state index in [9.17, 15) is 19.5 Å². The van der Waals surface area contributed by atoms with Crippen LogP contribution in [0, 0.1) is 0 Å². The van der Waals surface area contributed by atoms with Crippen LogP contribution in [0.4, 0.5) is 0 Å². The Labute approximate surface area is 481 Å². The predicted octanol–water partition coefficient (Wildman–Crippen LogP) is 16.8. The van der Waals surface area contributed by atoms with Gasteiger partial charge in [-0.05, 0) is 135 Å². The zero-order valence-electron chi connectivity index (χ0n) is 49.9. The molecule has 0 saturated heterocycles. The highest BCUT2D eigenvalue weighted by atomic mass is 16.7. The third-order valence-electron chi connectivity index (χ3n) is 11.6. The summed E-state index contributed by atoms with van der Waals surface area (Å²) >= 11 is 0. The number of quaternary nitrogens is 1. The maximum Gasteiger partial charge on any atom is 0.306 e. The Hall–Kier alpha value is -5.61. The number of hydrogen-bond donors (Lipinski definition) is 0. The molecule has 0 spiro atoms. The molecule has 0 aromatic rings. The van der Waals surface area contributed by atoms with Gasteiger partial charge in [0, 0.05) is 12.8 Å². The molecule has 2 atom stereocenters. The van der Waals surface area contributed by atoms with E-state index >= 15 is 0 Å².